The predicted octanol–water partition coefficient (Wildman–Crippen LogP) is 4.13. The Morgan fingerprint density at radius 3 is 2.67 bits per heavy atom. The van der Waals surface area contributed by atoms with Gasteiger partial charge < -0.3 is 24.3 Å². The number of para-hydroxylation sites is 1. The molecule has 30 heavy (non-hydrogen) atoms. The lowest BCUT2D eigenvalue weighted by molar-refractivity contribution is -0.150. The van der Waals surface area contributed by atoms with Gasteiger partial charge in [-0.05, 0) is 38.1 Å². The normalized spacial score (nSPS) is 18.1. The summed E-state index contributed by atoms with van der Waals surface area (Å²) >= 11 is 6.24. The number of amides is 1. The SMILES string of the molecule is CCOC(=O)C[C@H]1O[C@H](c2cccc(OCC)c2OC)c2cc(Cl)ccc2NC1=O. The molecule has 8 heteroatoms. The van der Waals surface area contributed by atoms with Crippen molar-refractivity contribution in [2.75, 3.05) is 25.6 Å². The van der Waals surface area contributed by atoms with E-state index in [1.807, 2.05) is 19.1 Å². The summed E-state index contributed by atoms with van der Waals surface area (Å²) in [5, 5.41) is 3.31. The third-order valence-electron chi connectivity index (χ3n) is 4.60. The summed E-state index contributed by atoms with van der Waals surface area (Å²) < 4.78 is 22.5. The van der Waals surface area contributed by atoms with E-state index in [1.165, 1.54) is 7.11 Å². The maximum absolute atomic E-state index is 12.8. The molecule has 1 heterocycles. The Morgan fingerprint density at radius 2 is 1.97 bits per heavy atom. The van der Waals surface area contributed by atoms with Crippen molar-refractivity contribution in [1.29, 1.82) is 0 Å². The molecule has 1 aliphatic rings. The van der Waals surface area contributed by atoms with Gasteiger partial charge in [-0.3, -0.25) is 9.59 Å². The van der Waals surface area contributed by atoms with E-state index in [0.29, 0.717) is 39.9 Å². The molecule has 0 saturated carbocycles. The number of hydrogen-bond acceptors (Lipinski definition) is 6. The van der Waals surface area contributed by atoms with Crippen molar-refractivity contribution < 1.29 is 28.5 Å². The second kappa shape index (κ2) is 9.82. The number of hydrogen-bond donors (Lipinski definition) is 1. The van der Waals surface area contributed by atoms with Crippen LogP contribution in [0, 0.1) is 0 Å². The summed E-state index contributed by atoms with van der Waals surface area (Å²) in [6.45, 7) is 4.26. The number of nitrogens with one attached hydrogen (secondary N) is 1. The van der Waals surface area contributed by atoms with E-state index < -0.39 is 24.1 Å². The molecule has 1 N–H and O–H groups in total. The standard InChI is InChI=1S/C22H24ClNO6/c1-4-28-17-8-6-7-14(21(17)27-3)20-15-11-13(23)9-10-16(15)24-22(26)18(30-20)12-19(25)29-5-2/h6-11,18,20H,4-5,12H2,1-3H3,(H,24,26)/t18-,20-/m1/s1. The average Bonchev–Trinajstić information content (AvgIpc) is 2.85. The molecule has 1 aliphatic heterocycles. The summed E-state index contributed by atoms with van der Waals surface area (Å²) in [5.74, 6) is 0.0825. The molecule has 2 aromatic carbocycles. The molecule has 0 aromatic heterocycles. The molecule has 7 nitrogen and oxygen atoms in total. The zero-order valence-electron chi connectivity index (χ0n) is 17.1. The Labute approximate surface area is 180 Å². The van der Waals surface area contributed by atoms with E-state index in [9.17, 15) is 9.59 Å². The molecule has 0 bridgehead atoms. The van der Waals surface area contributed by atoms with Crippen molar-refractivity contribution in [3.8, 4) is 11.5 Å². The van der Waals surface area contributed by atoms with Gasteiger partial charge in [0, 0.05) is 21.8 Å². The number of fused-ring (bicyclic) bond motifs is 1. The maximum atomic E-state index is 12.8. The van der Waals surface area contributed by atoms with E-state index in [-0.39, 0.29) is 13.0 Å². The molecule has 2 aromatic rings. The molecule has 0 radical (unpaired) electrons. The zero-order chi connectivity index (χ0) is 21.7. The first-order valence-corrected chi connectivity index (χ1v) is 10.1. The van der Waals surface area contributed by atoms with Crippen LogP contribution >= 0.6 is 11.6 Å². The van der Waals surface area contributed by atoms with Crippen molar-refractivity contribution in [1.82, 2.24) is 0 Å². The van der Waals surface area contributed by atoms with Gasteiger partial charge in [0.15, 0.2) is 11.5 Å². The summed E-state index contributed by atoms with van der Waals surface area (Å²) in [6.07, 6.45) is -2.00. The molecule has 0 spiro atoms. The molecule has 2 atom stereocenters. The van der Waals surface area contributed by atoms with Gasteiger partial charge in [-0.1, -0.05) is 23.7 Å². The molecular formula is C22H24ClNO6. The molecular weight excluding hydrogens is 410 g/mol. The molecule has 160 valence electrons. The van der Waals surface area contributed by atoms with Crippen molar-refractivity contribution in [2.45, 2.75) is 32.5 Å². The van der Waals surface area contributed by atoms with Crippen molar-refractivity contribution >= 4 is 29.2 Å². The maximum Gasteiger partial charge on any atom is 0.308 e. The fourth-order valence-electron chi connectivity index (χ4n) is 3.36. The molecule has 0 fully saturated rings. The topological polar surface area (TPSA) is 83.1 Å². The van der Waals surface area contributed by atoms with Gasteiger partial charge in [0.2, 0.25) is 0 Å². The zero-order valence-corrected chi connectivity index (χ0v) is 17.8. The van der Waals surface area contributed by atoms with Crippen LogP contribution in [-0.4, -0.2) is 38.3 Å². The highest BCUT2D eigenvalue weighted by molar-refractivity contribution is 6.30. The second-order valence-corrected chi connectivity index (χ2v) is 6.98. The van der Waals surface area contributed by atoms with Gasteiger partial charge in [0.25, 0.3) is 5.91 Å². The van der Waals surface area contributed by atoms with E-state index in [2.05, 4.69) is 5.32 Å². The highest BCUT2D eigenvalue weighted by Crippen LogP contribution is 2.43. The minimum Gasteiger partial charge on any atom is -0.492 e. The fourth-order valence-corrected chi connectivity index (χ4v) is 3.54. The Bertz CT molecular complexity index is 932. The molecule has 3 rings (SSSR count). The van der Waals surface area contributed by atoms with Crippen LogP contribution in [-0.2, 0) is 19.1 Å². The van der Waals surface area contributed by atoms with Gasteiger partial charge >= 0.3 is 5.97 Å². The Balaban J connectivity index is 2.10. The van der Waals surface area contributed by atoms with E-state index >= 15 is 0 Å². The number of halogens is 1. The molecule has 0 unspecified atom stereocenters. The number of ether oxygens (including phenoxy) is 4. The second-order valence-electron chi connectivity index (χ2n) is 6.55. The predicted molar refractivity (Wildman–Crippen MR) is 112 cm³/mol. The number of methoxy groups -OCH3 is 1. The van der Waals surface area contributed by atoms with Crippen LogP contribution in [0.15, 0.2) is 36.4 Å². The van der Waals surface area contributed by atoms with Crippen LogP contribution in [0.4, 0.5) is 5.69 Å². The van der Waals surface area contributed by atoms with Crippen LogP contribution < -0.4 is 14.8 Å². The average molecular weight is 434 g/mol. The van der Waals surface area contributed by atoms with Crippen LogP contribution in [0.5, 0.6) is 11.5 Å². The lowest BCUT2D eigenvalue weighted by Crippen LogP contribution is -2.32. The number of esters is 1. The Hall–Kier alpha value is -2.77. The third kappa shape index (κ3) is 4.68. The van der Waals surface area contributed by atoms with Crippen LogP contribution in [0.1, 0.15) is 37.5 Å². The van der Waals surface area contributed by atoms with Crippen LogP contribution in [0.2, 0.25) is 5.02 Å². The summed E-state index contributed by atoms with van der Waals surface area (Å²) in [6, 6.07) is 10.5. The third-order valence-corrected chi connectivity index (χ3v) is 4.84. The number of rotatable bonds is 7. The summed E-state index contributed by atoms with van der Waals surface area (Å²) in [4.78, 5) is 24.8. The van der Waals surface area contributed by atoms with E-state index in [0.717, 1.165) is 0 Å². The molecule has 1 amide bonds. The van der Waals surface area contributed by atoms with Crippen LogP contribution in [0.3, 0.4) is 0 Å². The molecule has 0 saturated heterocycles. The molecule has 0 aliphatic carbocycles. The van der Waals surface area contributed by atoms with Crippen molar-refractivity contribution in [2.24, 2.45) is 0 Å². The monoisotopic (exact) mass is 433 g/mol. The number of carbonyl (C=O) groups is 2. The van der Waals surface area contributed by atoms with Gasteiger partial charge in [0.1, 0.15) is 12.2 Å². The lowest BCUT2D eigenvalue weighted by atomic mass is 9.98. The van der Waals surface area contributed by atoms with E-state index in [4.69, 9.17) is 30.5 Å². The fraction of sp³-hybridized carbons (Fsp3) is 0.364. The van der Waals surface area contributed by atoms with Gasteiger partial charge in [-0.25, -0.2) is 0 Å². The highest BCUT2D eigenvalue weighted by atomic mass is 35.5. The van der Waals surface area contributed by atoms with Crippen LogP contribution in [0.25, 0.3) is 0 Å². The largest absolute Gasteiger partial charge is 0.492 e. The van der Waals surface area contributed by atoms with Gasteiger partial charge in [-0.15, -0.1) is 0 Å². The Kier molecular flexibility index (Phi) is 7.18. The lowest BCUT2D eigenvalue weighted by Gasteiger charge is -2.24. The quantitative estimate of drug-likeness (QED) is 0.661. The van der Waals surface area contributed by atoms with E-state index in [1.54, 1.807) is 31.2 Å². The van der Waals surface area contributed by atoms with Gasteiger partial charge in [-0.2, -0.15) is 0 Å². The number of anilines is 1. The minimum atomic E-state index is -1.05. The first kappa shape index (κ1) is 21.9. The number of carbonyl (C=O) groups excluding carboxylic acids is 2. The summed E-state index contributed by atoms with van der Waals surface area (Å²) in [5.41, 5.74) is 1.84. The smallest absolute Gasteiger partial charge is 0.308 e. The van der Waals surface area contributed by atoms with Gasteiger partial charge in [0.05, 0.1) is 26.7 Å². The summed E-state index contributed by atoms with van der Waals surface area (Å²) in [7, 11) is 1.54. The first-order chi connectivity index (χ1) is 14.5. The van der Waals surface area contributed by atoms with Crippen molar-refractivity contribution in [3.63, 3.8) is 0 Å². The highest BCUT2D eigenvalue weighted by Gasteiger charge is 2.35. The van der Waals surface area contributed by atoms with Crippen molar-refractivity contribution in [3.05, 3.63) is 52.5 Å². The number of benzene rings is 2. The first-order valence-electron chi connectivity index (χ1n) is 9.69. The Morgan fingerprint density at radius 1 is 1.17 bits per heavy atom. The minimum absolute atomic E-state index is 0.217.